The van der Waals surface area contributed by atoms with Crippen LogP contribution in [0.1, 0.15) is 17.4 Å². The lowest BCUT2D eigenvalue weighted by atomic mass is 10.2. The first-order chi connectivity index (χ1) is 11.5. The average Bonchev–Trinajstić information content (AvgIpc) is 3.20. The van der Waals surface area contributed by atoms with E-state index in [2.05, 4.69) is 15.6 Å². The summed E-state index contributed by atoms with van der Waals surface area (Å²) in [6.07, 6.45) is -0.827. The highest BCUT2D eigenvalue weighted by Crippen LogP contribution is 2.20. The van der Waals surface area contributed by atoms with Crippen LogP contribution in [0.25, 0.3) is 10.9 Å². The van der Waals surface area contributed by atoms with Crippen LogP contribution in [0.2, 0.25) is 0 Å². The molecule has 0 bridgehead atoms. The summed E-state index contributed by atoms with van der Waals surface area (Å²) in [6, 6.07) is 9.10. The second-order valence-corrected chi connectivity index (χ2v) is 6.27. The summed E-state index contributed by atoms with van der Waals surface area (Å²) in [5.41, 5.74) is 3.25. The molecule has 7 heteroatoms. The topological polar surface area (TPSA) is 94.2 Å². The highest BCUT2D eigenvalue weighted by atomic mass is 32.1. The molecule has 1 unspecified atom stereocenters. The first-order valence-electron chi connectivity index (χ1n) is 7.41. The van der Waals surface area contributed by atoms with Gasteiger partial charge in [0.25, 0.3) is 0 Å². The van der Waals surface area contributed by atoms with Crippen molar-refractivity contribution in [1.29, 1.82) is 0 Å². The van der Waals surface area contributed by atoms with Crippen molar-refractivity contribution in [2.45, 2.75) is 13.0 Å². The van der Waals surface area contributed by atoms with Gasteiger partial charge in [0.15, 0.2) is 0 Å². The number of aliphatic hydroxyl groups is 1. The molecular formula is C17H17N3O3S. The van der Waals surface area contributed by atoms with Gasteiger partial charge in [-0.1, -0.05) is 0 Å². The molecule has 1 atom stereocenters. The van der Waals surface area contributed by atoms with Crippen molar-refractivity contribution in [2.75, 3.05) is 11.9 Å². The zero-order valence-electron chi connectivity index (χ0n) is 13.0. The molecule has 1 aromatic carbocycles. The van der Waals surface area contributed by atoms with Crippen molar-refractivity contribution in [3.8, 4) is 0 Å². The highest BCUT2D eigenvalue weighted by molar-refractivity contribution is 7.07. The molecular weight excluding hydrogens is 326 g/mol. The Morgan fingerprint density at radius 3 is 2.83 bits per heavy atom. The summed E-state index contributed by atoms with van der Waals surface area (Å²) in [5, 5.41) is 19.5. The number of H-pyrrole nitrogens is 1. The molecule has 3 rings (SSSR count). The van der Waals surface area contributed by atoms with Crippen LogP contribution in [-0.2, 0) is 9.59 Å². The van der Waals surface area contributed by atoms with Crippen molar-refractivity contribution < 1.29 is 14.7 Å². The number of hydrogen-bond donors (Lipinski definition) is 4. The van der Waals surface area contributed by atoms with Crippen molar-refractivity contribution in [1.82, 2.24) is 10.3 Å². The monoisotopic (exact) mass is 343 g/mol. The number of carbonyl (C=O) groups is 2. The van der Waals surface area contributed by atoms with E-state index in [1.165, 1.54) is 11.3 Å². The predicted octanol–water partition coefficient (Wildman–Crippen LogP) is 2.33. The van der Waals surface area contributed by atoms with Crippen LogP contribution in [0.3, 0.4) is 0 Å². The SMILES string of the molecule is Cc1cc2cc(NC(=O)C(=O)NCC(O)c3ccsc3)ccc2[nH]1. The van der Waals surface area contributed by atoms with E-state index in [1.54, 1.807) is 23.6 Å². The molecule has 0 aliphatic heterocycles. The molecule has 2 aromatic heterocycles. The van der Waals surface area contributed by atoms with Crippen LogP contribution in [0.4, 0.5) is 5.69 Å². The summed E-state index contributed by atoms with van der Waals surface area (Å²) >= 11 is 1.46. The largest absolute Gasteiger partial charge is 0.387 e. The first-order valence-corrected chi connectivity index (χ1v) is 8.36. The molecule has 0 saturated heterocycles. The van der Waals surface area contributed by atoms with Crippen LogP contribution < -0.4 is 10.6 Å². The van der Waals surface area contributed by atoms with Gasteiger partial charge in [-0.25, -0.2) is 0 Å². The highest BCUT2D eigenvalue weighted by Gasteiger charge is 2.16. The molecule has 2 heterocycles. The molecule has 124 valence electrons. The molecule has 2 amide bonds. The number of benzene rings is 1. The molecule has 3 aromatic rings. The lowest BCUT2D eigenvalue weighted by Crippen LogP contribution is -2.37. The number of aliphatic hydroxyl groups excluding tert-OH is 1. The standard InChI is InChI=1S/C17H17N3O3S/c1-10-6-12-7-13(2-3-14(12)19-10)20-17(23)16(22)18-8-15(21)11-4-5-24-9-11/h2-7,9,15,19,21H,8H2,1H3,(H,18,22)(H,20,23). The molecule has 4 N–H and O–H groups in total. The Bertz CT molecular complexity index is 870. The minimum atomic E-state index is -0.827. The fourth-order valence-electron chi connectivity index (χ4n) is 2.40. The van der Waals surface area contributed by atoms with Crippen LogP contribution in [0, 0.1) is 6.92 Å². The number of rotatable bonds is 4. The molecule has 0 saturated carbocycles. The summed E-state index contributed by atoms with van der Waals surface area (Å²) in [4.78, 5) is 27.0. The number of thiophene rings is 1. The van der Waals surface area contributed by atoms with Crippen molar-refractivity contribution in [3.63, 3.8) is 0 Å². The smallest absolute Gasteiger partial charge is 0.313 e. The average molecular weight is 343 g/mol. The fraction of sp³-hybridized carbons (Fsp3) is 0.176. The van der Waals surface area contributed by atoms with Crippen molar-refractivity contribution in [2.24, 2.45) is 0 Å². The van der Waals surface area contributed by atoms with E-state index in [9.17, 15) is 14.7 Å². The second kappa shape index (κ2) is 6.86. The van der Waals surface area contributed by atoms with Gasteiger partial charge >= 0.3 is 11.8 Å². The van der Waals surface area contributed by atoms with E-state index in [0.29, 0.717) is 11.3 Å². The van der Waals surface area contributed by atoms with Gasteiger partial charge in [0, 0.05) is 28.8 Å². The molecule has 0 aliphatic rings. The zero-order chi connectivity index (χ0) is 17.1. The van der Waals surface area contributed by atoms with Gasteiger partial charge < -0.3 is 20.7 Å². The number of aryl methyl sites for hydroxylation is 1. The maximum Gasteiger partial charge on any atom is 0.313 e. The van der Waals surface area contributed by atoms with Gasteiger partial charge in [0.05, 0.1) is 6.10 Å². The van der Waals surface area contributed by atoms with Gasteiger partial charge in [-0.2, -0.15) is 11.3 Å². The lowest BCUT2D eigenvalue weighted by molar-refractivity contribution is -0.136. The van der Waals surface area contributed by atoms with E-state index >= 15 is 0 Å². The molecule has 0 spiro atoms. The Kier molecular flexibility index (Phi) is 4.64. The summed E-state index contributed by atoms with van der Waals surface area (Å²) in [6.45, 7) is 1.93. The third-order valence-corrected chi connectivity index (χ3v) is 4.30. The van der Waals surface area contributed by atoms with Gasteiger partial charge in [-0.3, -0.25) is 9.59 Å². The number of aromatic nitrogens is 1. The maximum atomic E-state index is 11.9. The Hall–Kier alpha value is -2.64. The molecule has 6 nitrogen and oxygen atoms in total. The van der Waals surface area contributed by atoms with Gasteiger partial charge in [0.1, 0.15) is 0 Å². The molecule has 24 heavy (non-hydrogen) atoms. The van der Waals surface area contributed by atoms with Crippen LogP contribution in [0.5, 0.6) is 0 Å². The minimum absolute atomic E-state index is 0.0149. The third kappa shape index (κ3) is 3.64. The van der Waals surface area contributed by atoms with E-state index in [0.717, 1.165) is 16.6 Å². The third-order valence-electron chi connectivity index (χ3n) is 3.60. The van der Waals surface area contributed by atoms with Crippen LogP contribution in [0.15, 0.2) is 41.1 Å². The Morgan fingerprint density at radius 1 is 1.25 bits per heavy atom. The number of amides is 2. The van der Waals surface area contributed by atoms with E-state index < -0.39 is 17.9 Å². The van der Waals surface area contributed by atoms with Crippen LogP contribution in [-0.4, -0.2) is 28.4 Å². The predicted molar refractivity (Wildman–Crippen MR) is 94.0 cm³/mol. The number of nitrogens with one attached hydrogen (secondary N) is 3. The minimum Gasteiger partial charge on any atom is -0.387 e. The molecule has 0 aliphatic carbocycles. The van der Waals surface area contributed by atoms with E-state index in [-0.39, 0.29) is 6.54 Å². The van der Waals surface area contributed by atoms with Gasteiger partial charge in [-0.15, -0.1) is 0 Å². The molecule has 0 fully saturated rings. The number of aromatic amines is 1. The Labute approximate surface area is 142 Å². The summed E-state index contributed by atoms with van der Waals surface area (Å²) in [7, 11) is 0. The fourth-order valence-corrected chi connectivity index (χ4v) is 3.10. The Balaban J connectivity index is 1.57. The Morgan fingerprint density at radius 2 is 2.08 bits per heavy atom. The van der Waals surface area contributed by atoms with Crippen molar-refractivity contribution >= 4 is 39.7 Å². The lowest BCUT2D eigenvalue weighted by Gasteiger charge is -2.10. The van der Waals surface area contributed by atoms with E-state index in [4.69, 9.17) is 0 Å². The quantitative estimate of drug-likeness (QED) is 0.548. The van der Waals surface area contributed by atoms with Gasteiger partial charge in [0.2, 0.25) is 0 Å². The van der Waals surface area contributed by atoms with Gasteiger partial charge in [-0.05, 0) is 53.6 Å². The van der Waals surface area contributed by atoms with E-state index in [1.807, 2.05) is 24.4 Å². The number of anilines is 1. The number of carbonyl (C=O) groups excluding carboxylic acids is 2. The number of hydrogen-bond acceptors (Lipinski definition) is 4. The second-order valence-electron chi connectivity index (χ2n) is 5.49. The first kappa shape index (κ1) is 16.2. The van der Waals surface area contributed by atoms with Crippen molar-refractivity contribution in [3.05, 3.63) is 52.3 Å². The molecule has 0 radical (unpaired) electrons. The summed E-state index contributed by atoms with van der Waals surface area (Å²) in [5.74, 6) is -1.55. The normalized spacial score (nSPS) is 12.1. The number of fused-ring (bicyclic) bond motifs is 1. The zero-order valence-corrected chi connectivity index (χ0v) is 13.8. The maximum absolute atomic E-state index is 11.9. The van der Waals surface area contributed by atoms with Crippen LogP contribution >= 0.6 is 11.3 Å². The summed E-state index contributed by atoms with van der Waals surface area (Å²) < 4.78 is 0.